The van der Waals surface area contributed by atoms with E-state index in [4.69, 9.17) is 10.7 Å². The van der Waals surface area contributed by atoms with Crippen LogP contribution in [0.3, 0.4) is 0 Å². The molecular weight excluding hydrogens is 234 g/mol. The van der Waals surface area contributed by atoms with Crippen LogP contribution in [-0.4, -0.2) is 9.55 Å². The molecule has 0 saturated carbocycles. The van der Waals surface area contributed by atoms with Crippen LogP contribution in [0, 0.1) is 0 Å². The topological polar surface area (TPSA) is 43.8 Å². The van der Waals surface area contributed by atoms with Gasteiger partial charge in [0.15, 0.2) is 0 Å². The van der Waals surface area contributed by atoms with Gasteiger partial charge >= 0.3 is 0 Å². The fourth-order valence-corrected chi connectivity index (χ4v) is 2.29. The van der Waals surface area contributed by atoms with Crippen molar-refractivity contribution in [3.05, 3.63) is 61.2 Å². The minimum absolute atomic E-state index is 0.706. The van der Waals surface area contributed by atoms with Gasteiger partial charge in [-0.2, -0.15) is 0 Å². The smallest absolute Gasteiger partial charge is 0.141 e. The van der Waals surface area contributed by atoms with Crippen LogP contribution in [0.5, 0.6) is 0 Å². The number of allylic oxidation sites excluding steroid dienone is 1. The summed E-state index contributed by atoms with van der Waals surface area (Å²) in [6.07, 6.45) is 1.87. The number of hydrogen-bond acceptors (Lipinski definition) is 2. The van der Waals surface area contributed by atoms with Crippen LogP contribution >= 0.6 is 0 Å². The first kappa shape index (κ1) is 11.5. The summed E-state index contributed by atoms with van der Waals surface area (Å²) in [4.78, 5) is 4.69. The maximum absolute atomic E-state index is 6.01. The SMILES string of the molecule is C=CCn1c(-c2ccccc2)nc2c(N)cccc21. The van der Waals surface area contributed by atoms with Crippen LogP contribution in [0.2, 0.25) is 0 Å². The van der Waals surface area contributed by atoms with Gasteiger partial charge in [-0.25, -0.2) is 4.98 Å². The molecule has 2 N–H and O–H groups in total. The van der Waals surface area contributed by atoms with Gasteiger partial charge in [0.25, 0.3) is 0 Å². The first-order chi connectivity index (χ1) is 9.31. The Morgan fingerprint density at radius 1 is 1.11 bits per heavy atom. The number of fused-ring (bicyclic) bond motifs is 1. The molecule has 1 heterocycles. The van der Waals surface area contributed by atoms with E-state index < -0.39 is 0 Å². The third-order valence-electron chi connectivity index (χ3n) is 3.15. The maximum Gasteiger partial charge on any atom is 0.141 e. The van der Waals surface area contributed by atoms with E-state index in [1.807, 2.05) is 42.5 Å². The molecule has 0 aliphatic rings. The first-order valence-corrected chi connectivity index (χ1v) is 6.22. The van der Waals surface area contributed by atoms with E-state index >= 15 is 0 Å². The van der Waals surface area contributed by atoms with Gasteiger partial charge in [0.05, 0.1) is 11.2 Å². The molecule has 0 atom stereocenters. The predicted molar refractivity (Wildman–Crippen MR) is 79.8 cm³/mol. The maximum atomic E-state index is 6.01. The average Bonchev–Trinajstić information content (AvgIpc) is 2.81. The summed E-state index contributed by atoms with van der Waals surface area (Å²) >= 11 is 0. The van der Waals surface area contributed by atoms with E-state index in [0.29, 0.717) is 12.2 Å². The molecule has 3 aromatic rings. The number of nitrogen functional groups attached to an aromatic ring is 1. The molecule has 0 saturated heterocycles. The van der Waals surface area contributed by atoms with E-state index in [2.05, 4.69) is 23.3 Å². The number of hydrogen-bond donors (Lipinski definition) is 1. The highest BCUT2D eigenvalue weighted by molar-refractivity contribution is 5.90. The molecular formula is C16H15N3. The summed E-state index contributed by atoms with van der Waals surface area (Å²) < 4.78 is 2.13. The molecule has 3 nitrogen and oxygen atoms in total. The van der Waals surface area contributed by atoms with Crippen molar-refractivity contribution < 1.29 is 0 Å². The average molecular weight is 249 g/mol. The van der Waals surface area contributed by atoms with Crippen molar-refractivity contribution in [2.24, 2.45) is 0 Å². The molecule has 0 radical (unpaired) electrons. The van der Waals surface area contributed by atoms with Crippen molar-refractivity contribution in [3.63, 3.8) is 0 Å². The van der Waals surface area contributed by atoms with E-state index in [0.717, 1.165) is 22.4 Å². The normalized spacial score (nSPS) is 10.7. The Kier molecular flexibility index (Phi) is 2.80. The molecule has 3 rings (SSSR count). The lowest BCUT2D eigenvalue weighted by molar-refractivity contribution is 0.862. The molecule has 0 spiro atoms. The molecule has 2 aromatic carbocycles. The van der Waals surface area contributed by atoms with Crippen LogP contribution in [0.1, 0.15) is 0 Å². The highest BCUT2D eigenvalue weighted by Gasteiger charge is 2.12. The Morgan fingerprint density at radius 2 is 1.89 bits per heavy atom. The molecule has 1 aromatic heterocycles. The third kappa shape index (κ3) is 1.89. The molecule has 0 aliphatic carbocycles. The van der Waals surface area contributed by atoms with Crippen LogP contribution in [0.4, 0.5) is 5.69 Å². The highest BCUT2D eigenvalue weighted by atomic mass is 15.1. The van der Waals surface area contributed by atoms with Crippen molar-refractivity contribution in [1.29, 1.82) is 0 Å². The van der Waals surface area contributed by atoms with Crippen LogP contribution < -0.4 is 5.73 Å². The van der Waals surface area contributed by atoms with Crippen molar-refractivity contribution in [2.45, 2.75) is 6.54 Å². The lowest BCUT2D eigenvalue weighted by Crippen LogP contribution is -1.98. The van der Waals surface area contributed by atoms with Gasteiger partial charge in [0, 0.05) is 12.1 Å². The van der Waals surface area contributed by atoms with E-state index in [1.54, 1.807) is 0 Å². The number of aromatic nitrogens is 2. The lowest BCUT2D eigenvalue weighted by Gasteiger charge is -2.06. The minimum atomic E-state index is 0.706. The van der Waals surface area contributed by atoms with Gasteiger partial charge in [-0.15, -0.1) is 6.58 Å². The molecule has 0 bridgehead atoms. The highest BCUT2D eigenvalue weighted by Crippen LogP contribution is 2.27. The summed E-state index contributed by atoms with van der Waals surface area (Å²) in [5, 5.41) is 0. The zero-order valence-corrected chi connectivity index (χ0v) is 10.6. The van der Waals surface area contributed by atoms with E-state index in [1.165, 1.54) is 0 Å². The third-order valence-corrected chi connectivity index (χ3v) is 3.15. The Morgan fingerprint density at radius 3 is 2.63 bits per heavy atom. The molecule has 0 fully saturated rings. The van der Waals surface area contributed by atoms with Crippen molar-refractivity contribution >= 4 is 16.7 Å². The fraction of sp³-hybridized carbons (Fsp3) is 0.0625. The standard InChI is InChI=1S/C16H15N3/c1-2-11-19-14-10-6-9-13(17)15(14)18-16(19)12-7-4-3-5-8-12/h2-10H,1,11,17H2. The lowest BCUT2D eigenvalue weighted by atomic mass is 10.2. The second-order valence-corrected chi connectivity index (χ2v) is 4.42. The van der Waals surface area contributed by atoms with Crippen LogP contribution in [0.25, 0.3) is 22.4 Å². The van der Waals surface area contributed by atoms with Crippen LogP contribution in [-0.2, 0) is 6.54 Å². The monoisotopic (exact) mass is 249 g/mol. The largest absolute Gasteiger partial charge is 0.397 e. The number of para-hydroxylation sites is 1. The van der Waals surface area contributed by atoms with Crippen molar-refractivity contribution in [1.82, 2.24) is 9.55 Å². The zero-order valence-electron chi connectivity index (χ0n) is 10.6. The predicted octanol–water partition coefficient (Wildman–Crippen LogP) is 3.47. The Hall–Kier alpha value is -2.55. The van der Waals surface area contributed by atoms with E-state index in [-0.39, 0.29) is 0 Å². The van der Waals surface area contributed by atoms with Gasteiger partial charge in [0.2, 0.25) is 0 Å². The first-order valence-electron chi connectivity index (χ1n) is 6.22. The summed E-state index contributed by atoms with van der Waals surface area (Å²) in [6, 6.07) is 16.0. The second-order valence-electron chi connectivity index (χ2n) is 4.42. The Balaban J connectivity index is 2.32. The van der Waals surface area contributed by atoms with Gasteiger partial charge in [0.1, 0.15) is 11.3 Å². The summed E-state index contributed by atoms with van der Waals surface area (Å²) in [7, 11) is 0. The number of rotatable bonds is 3. The molecule has 0 aliphatic heterocycles. The summed E-state index contributed by atoms with van der Waals surface area (Å²) in [5.41, 5.74) is 9.69. The second kappa shape index (κ2) is 4.61. The van der Waals surface area contributed by atoms with Crippen molar-refractivity contribution in [2.75, 3.05) is 5.73 Å². The van der Waals surface area contributed by atoms with Gasteiger partial charge < -0.3 is 10.3 Å². The van der Waals surface area contributed by atoms with Gasteiger partial charge in [-0.1, -0.05) is 42.5 Å². The zero-order chi connectivity index (χ0) is 13.2. The quantitative estimate of drug-likeness (QED) is 0.570. The molecule has 3 heteroatoms. The number of anilines is 1. The van der Waals surface area contributed by atoms with Gasteiger partial charge in [-0.05, 0) is 12.1 Å². The minimum Gasteiger partial charge on any atom is -0.397 e. The van der Waals surface area contributed by atoms with Crippen molar-refractivity contribution in [3.8, 4) is 11.4 Å². The molecule has 0 unspecified atom stereocenters. The Bertz CT molecular complexity index is 726. The number of nitrogens with zero attached hydrogens (tertiary/aromatic N) is 2. The number of nitrogens with two attached hydrogens (primary N) is 1. The summed E-state index contributed by atoms with van der Waals surface area (Å²) in [5.74, 6) is 0.924. The molecule has 19 heavy (non-hydrogen) atoms. The van der Waals surface area contributed by atoms with E-state index in [9.17, 15) is 0 Å². The van der Waals surface area contributed by atoms with Crippen LogP contribution in [0.15, 0.2) is 61.2 Å². The molecule has 94 valence electrons. The summed E-state index contributed by atoms with van der Waals surface area (Å²) in [6.45, 7) is 4.53. The molecule has 0 amide bonds. The fourth-order valence-electron chi connectivity index (χ4n) is 2.29. The number of benzene rings is 2. The number of imidazole rings is 1. The van der Waals surface area contributed by atoms with Gasteiger partial charge in [-0.3, -0.25) is 0 Å². The Labute approximate surface area is 112 Å².